The van der Waals surface area contributed by atoms with Gasteiger partial charge in [-0.25, -0.2) is 0 Å². The van der Waals surface area contributed by atoms with Crippen LogP contribution in [0.4, 0.5) is 0 Å². The molecule has 0 saturated heterocycles. The fourth-order valence-electron chi connectivity index (χ4n) is 1.32. The second kappa shape index (κ2) is 5.78. The van der Waals surface area contributed by atoms with E-state index in [-0.39, 0.29) is 0 Å². The van der Waals surface area contributed by atoms with Crippen LogP contribution in [0.15, 0.2) is 6.20 Å². The lowest BCUT2D eigenvalue weighted by molar-refractivity contribution is 0.552. The molecule has 0 radical (unpaired) electrons. The molecule has 0 aliphatic rings. The standard InChI is InChI=1S/C11H21N3/c1-4-5-8-14-9-11(12-13-14)7-6-10(2)3/h9-10H,4-8H2,1-3H3. The first-order valence-corrected chi connectivity index (χ1v) is 5.61. The summed E-state index contributed by atoms with van der Waals surface area (Å²) in [6.07, 6.45) is 6.74. The molecule has 1 heterocycles. The Morgan fingerprint density at radius 1 is 1.43 bits per heavy atom. The summed E-state index contributed by atoms with van der Waals surface area (Å²) in [5.41, 5.74) is 1.13. The Hall–Kier alpha value is -0.860. The lowest BCUT2D eigenvalue weighted by Crippen LogP contribution is -1.97. The molecule has 3 heteroatoms. The van der Waals surface area contributed by atoms with Crippen LogP contribution in [-0.2, 0) is 13.0 Å². The Labute approximate surface area is 86.5 Å². The molecule has 1 rings (SSSR count). The van der Waals surface area contributed by atoms with Crippen molar-refractivity contribution in [3.8, 4) is 0 Å². The van der Waals surface area contributed by atoms with Crippen molar-refractivity contribution in [2.45, 2.75) is 53.0 Å². The molecular formula is C11H21N3. The SMILES string of the molecule is CCCCn1cc(CCC(C)C)nn1. The van der Waals surface area contributed by atoms with E-state index < -0.39 is 0 Å². The molecule has 0 saturated carbocycles. The third-order valence-electron chi connectivity index (χ3n) is 2.30. The van der Waals surface area contributed by atoms with Gasteiger partial charge >= 0.3 is 0 Å². The van der Waals surface area contributed by atoms with Gasteiger partial charge < -0.3 is 0 Å². The van der Waals surface area contributed by atoms with Gasteiger partial charge in [-0.15, -0.1) is 5.10 Å². The van der Waals surface area contributed by atoms with Crippen molar-refractivity contribution in [2.24, 2.45) is 5.92 Å². The molecule has 1 aromatic heterocycles. The molecule has 0 atom stereocenters. The van der Waals surface area contributed by atoms with Gasteiger partial charge in [-0.3, -0.25) is 4.68 Å². The zero-order chi connectivity index (χ0) is 10.4. The molecule has 0 N–H and O–H groups in total. The van der Waals surface area contributed by atoms with Crippen molar-refractivity contribution in [3.05, 3.63) is 11.9 Å². The van der Waals surface area contributed by atoms with Crippen molar-refractivity contribution in [1.82, 2.24) is 15.0 Å². The highest BCUT2D eigenvalue weighted by molar-refractivity contribution is 4.92. The molecule has 0 unspecified atom stereocenters. The van der Waals surface area contributed by atoms with E-state index in [0.29, 0.717) is 0 Å². The van der Waals surface area contributed by atoms with E-state index in [4.69, 9.17) is 0 Å². The maximum atomic E-state index is 4.15. The fraction of sp³-hybridized carbons (Fsp3) is 0.818. The summed E-state index contributed by atoms with van der Waals surface area (Å²) < 4.78 is 1.96. The third-order valence-corrected chi connectivity index (χ3v) is 2.30. The highest BCUT2D eigenvalue weighted by Gasteiger charge is 2.01. The third kappa shape index (κ3) is 3.90. The molecule has 80 valence electrons. The average Bonchev–Trinajstić information content (AvgIpc) is 2.59. The first-order chi connectivity index (χ1) is 6.72. The van der Waals surface area contributed by atoms with Gasteiger partial charge in [0.25, 0.3) is 0 Å². The van der Waals surface area contributed by atoms with Crippen molar-refractivity contribution in [2.75, 3.05) is 0 Å². The van der Waals surface area contributed by atoms with Crippen LogP contribution in [0.2, 0.25) is 0 Å². The minimum atomic E-state index is 0.746. The molecule has 14 heavy (non-hydrogen) atoms. The van der Waals surface area contributed by atoms with E-state index in [9.17, 15) is 0 Å². The summed E-state index contributed by atoms with van der Waals surface area (Å²) in [5, 5.41) is 8.25. The molecule has 1 aromatic rings. The van der Waals surface area contributed by atoms with E-state index in [1.165, 1.54) is 19.3 Å². The molecule has 0 aromatic carbocycles. The van der Waals surface area contributed by atoms with Gasteiger partial charge in [0.15, 0.2) is 0 Å². The van der Waals surface area contributed by atoms with Crippen LogP contribution in [0.3, 0.4) is 0 Å². The molecule has 0 aliphatic carbocycles. The van der Waals surface area contributed by atoms with Crippen LogP contribution >= 0.6 is 0 Å². The first kappa shape index (κ1) is 11.2. The predicted molar refractivity (Wildman–Crippen MR) is 58.1 cm³/mol. The molecule has 0 aliphatic heterocycles. The Bertz CT molecular complexity index is 253. The number of aryl methyl sites for hydroxylation is 2. The summed E-state index contributed by atoms with van der Waals surface area (Å²) in [5.74, 6) is 0.746. The van der Waals surface area contributed by atoms with E-state index >= 15 is 0 Å². The van der Waals surface area contributed by atoms with Gasteiger partial charge in [0, 0.05) is 12.7 Å². The summed E-state index contributed by atoms with van der Waals surface area (Å²) in [6.45, 7) is 7.67. The van der Waals surface area contributed by atoms with Crippen LogP contribution < -0.4 is 0 Å². The minimum Gasteiger partial charge on any atom is -0.252 e. The zero-order valence-corrected chi connectivity index (χ0v) is 9.53. The lowest BCUT2D eigenvalue weighted by Gasteiger charge is -2.00. The van der Waals surface area contributed by atoms with Crippen molar-refractivity contribution in [1.29, 1.82) is 0 Å². The summed E-state index contributed by atoms with van der Waals surface area (Å²) >= 11 is 0. The molecule has 0 spiro atoms. The van der Waals surface area contributed by atoms with Gasteiger partial charge in [-0.05, 0) is 25.2 Å². The Balaban J connectivity index is 2.35. The van der Waals surface area contributed by atoms with E-state index in [1.807, 2.05) is 4.68 Å². The Kier molecular flexibility index (Phi) is 4.63. The summed E-state index contributed by atoms with van der Waals surface area (Å²) in [7, 11) is 0. The largest absolute Gasteiger partial charge is 0.252 e. The van der Waals surface area contributed by atoms with Gasteiger partial charge in [0.1, 0.15) is 0 Å². The van der Waals surface area contributed by atoms with Gasteiger partial charge in [-0.1, -0.05) is 32.4 Å². The first-order valence-electron chi connectivity index (χ1n) is 5.61. The fourth-order valence-corrected chi connectivity index (χ4v) is 1.32. The maximum absolute atomic E-state index is 4.15. The van der Waals surface area contributed by atoms with E-state index in [0.717, 1.165) is 24.6 Å². The minimum absolute atomic E-state index is 0.746. The van der Waals surface area contributed by atoms with Crippen LogP contribution in [0.1, 0.15) is 45.7 Å². The zero-order valence-electron chi connectivity index (χ0n) is 9.53. The number of hydrogen-bond acceptors (Lipinski definition) is 2. The van der Waals surface area contributed by atoms with Crippen LogP contribution in [0, 0.1) is 5.92 Å². The predicted octanol–water partition coefficient (Wildman–Crippen LogP) is 2.67. The smallest absolute Gasteiger partial charge is 0.0827 e. The van der Waals surface area contributed by atoms with E-state index in [1.54, 1.807) is 0 Å². The van der Waals surface area contributed by atoms with Crippen LogP contribution in [0.5, 0.6) is 0 Å². The lowest BCUT2D eigenvalue weighted by atomic mass is 10.1. The Morgan fingerprint density at radius 2 is 2.21 bits per heavy atom. The molecule has 0 bridgehead atoms. The molecule has 0 amide bonds. The normalized spacial score (nSPS) is 11.1. The van der Waals surface area contributed by atoms with Gasteiger partial charge in [0.2, 0.25) is 0 Å². The second-order valence-corrected chi connectivity index (χ2v) is 4.26. The average molecular weight is 195 g/mol. The van der Waals surface area contributed by atoms with Crippen molar-refractivity contribution in [3.63, 3.8) is 0 Å². The highest BCUT2D eigenvalue weighted by atomic mass is 15.4. The van der Waals surface area contributed by atoms with Crippen LogP contribution in [-0.4, -0.2) is 15.0 Å². The number of hydrogen-bond donors (Lipinski definition) is 0. The molecule has 3 nitrogen and oxygen atoms in total. The van der Waals surface area contributed by atoms with Crippen molar-refractivity contribution < 1.29 is 0 Å². The van der Waals surface area contributed by atoms with E-state index in [2.05, 4.69) is 37.3 Å². The molecule has 0 fully saturated rings. The van der Waals surface area contributed by atoms with Crippen LogP contribution in [0.25, 0.3) is 0 Å². The number of unbranched alkanes of at least 4 members (excludes halogenated alkanes) is 1. The number of aromatic nitrogens is 3. The Morgan fingerprint density at radius 3 is 2.86 bits per heavy atom. The van der Waals surface area contributed by atoms with Gasteiger partial charge in [-0.2, -0.15) is 0 Å². The quantitative estimate of drug-likeness (QED) is 0.698. The second-order valence-electron chi connectivity index (χ2n) is 4.26. The highest BCUT2D eigenvalue weighted by Crippen LogP contribution is 2.06. The number of nitrogens with zero attached hydrogens (tertiary/aromatic N) is 3. The van der Waals surface area contributed by atoms with Gasteiger partial charge in [0.05, 0.1) is 5.69 Å². The number of rotatable bonds is 6. The maximum Gasteiger partial charge on any atom is 0.0827 e. The monoisotopic (exact) mass is 195 g/mol. The topological polar surface area (TPSA) is 30.7 Å². The summed E-state index contributed by atoms with van der Waals surface area (Å²) in [6, 6.07) is 0. The molecular weight excluding hydrogens is 174 g/mol. The van der Waals surface area contributed by atoms with Crippen molar-refractivity contribution >= 4 is 0 Å². The summed E-state index contributed by atoms with van der Waals surface area (Å²) in [4.78, 5) is 0.